The minimum atomic E-state index is -0.433. The van der Waals surface area contributed by atoms with Crippen LogP contribution in [0.25, 0.3) is 44.2 Å². The molecule has 9 aromatic carbocycles. The van der Waals surface area contributed by atoms with Gasteiger partial charge in [-0.1, -0.05) is 164 Å². The fourth-order valence-corrected chi connectivity index (χ4v) is 9.22. The van der Waals surface area contributed by atoms with E-state index in [1.165, 1.54) is 49.9 Å². The molecular formula is C53H35NO. The first-order chi connectivity index (χ1) is 27.3. The van der Waals surface area contributed by atoms with Gasteiger partial charge in [0.2, 0.25) is 0 Å². The van der Waals surface area contributed by atoms with Crippen LogP contribution in [0.2, 0.25) is 0 Å². The Kier molecular flexibility index (Phi) is 7.11. The van der Waals surface area contributed by atoms with Crippen molar-refractivity contribution in [3.8, 4) is 44.9 Å². The summed E-state index contributed by atoms with van der Waals surface area (Å²) < 4.78 is 6.40. The van der Waals surface area contributed by atoms with E-state index in [4.69, 9.17) is 4.74 Å². The van der Waals surface area contributed by atoms with E-state index in [0.717, 1.165) is 45.1 Å². The highest BCUT2D eigenvalue weighted by molar-refractivity contribution is 6.10. The van der Waals surface area contributed by atoms with Gasteiger partial charge in [0.15, 0.2) is 0 Å². The maximum absolute atomic E-state index is 6.40. The number of anilines is 3. The Morgan fingerprint density at radius 3 is 1.67 bits per heavy atom. The van der Waals surface area contributed by atoms with E-state index in [2.05, 4.69) is 205 Å². The van der Waals surface area contributed by atoms with E-state index in [0.29, 0.717) is 0 Å². The molecule has 0 unspecified atom stereocenters. The Labute approximate surface area is 321 Å². The first-order valence-electron chi connectivity index (χ1n) is 18.9. The highest BCUT2D eigenvalue weighted by Crippen LogP contribution is 2.57. The summed E-state index contributed by atoms with van der Waals surface area (Å²) in [5, 5.41) is 2.35. The summed E-state index contributed by atoms with van der Waals surface area (Å²) in [7, 11) is 0. The van der Waals surface area contributed by atoms with Crippen molar-refractivity contribution in [1.82, 2.24) is 0 Å². The van der Waals surface area contributed by atoms with Crippen molar-refractivity contribution in [2.45, 2.75) is 5.41 Å². The Bertz CT molecular complexity index is 2840. The number of fused-ring (bicyclic) bond motifs is 5. The van der Waals surface area contributed by atoms with Gasteiger partial charge in [-0.05, 0) is 104 Å². The first-order valence-corrected chi connectivity index (χ1v) is 18.9. The van der Waals surface area contributed by atoms with Crippen LogP contribution >= 0.6 is 0 Å². The Morgan fingerprint density at radius 1 is 0.345 bits per heavy atom. The first kappa shape index (κ1) is 31.4. The maximum atomic E-state index is 6.40. The fourth-order valence-electron chi connectivity index (χ4n) is 9.22. The number of benzene rings is 9. The highest BCUT2D eigenvalue weighted by atomic mass is 16.5. The van der Waals surface area contributed by atoms with Crippen molar-refractivity contribution in [2.24, 2.45) is 0 Å². The minimum Gasteiger partial charge on any atom is -0.456 e. The molecule has 0 aromatic heterocycles. The molecular weight excluding hydrogens is 667 g/mol. The lowest BCUT2D eigenvalue weighted by molar-refractivity contribution is 0.487. The number of hydrogen-bond donors (Lipinski definition) is 0. The second-order valence-electron chi connectivity index (χ2n) is 14.4. The third-order valence-electron chi connectivity index (χ3n) is 11.6. The molecule has 55 heavy (non-hydrogen) atoms. The van der Waals surface area contributed by atoms with Gasteiger partial charge in [-0.2, -0.15) is 0 Å². The summed E-state index contributed by atoms with van der Waals surface area (Å²) >= 11 is 0. The zero-order valence-corrected chi connectivity index (χ0v) is 30.1. The molecule has 9 aromatic rings. The molecule has 0 amide bonds. The highest BCUT2D eigenvalue weighted by Gasteiger charge is 2.46. The largest absolute Gasteiger partial charge is 0.456 e. The van der Waals surface area contributed by atoms with Crippen LogP contribution in [-0.4, -0.2) is 0 Å². The van der Waals surface area contributed by atoms with Gasteiger partial charge in [-0.15, -0.1) is 0 Å². The standard InChI is InChI=1S/C53H35NO/c1-4-15-37(16-5-1)53(38-17-6-2-7-18-38)48-25-12-10-21-43(48)47-35-41(31-33-49(47)53)54(39-19-8-3-9-20-39)40-29-27-36(28-30-40)42-32-34-51-52-45(42)23-14-24-46(52)44-22-11-13-26-50(44)55-51/h1-35H. The van der Waals surface area contributed by atoms with E-state index in [1.54, 1.807) is 0 Å². The van der Waals surface area contributed by atoms with Gasteiger partial charge in [-0.3, -0.25) is 0 Å². The summed E-state index contributed by atoms with van der Waals surface area (Å²) in [4.78, 5) is 2.38. The molecule has 2 heteroatoms. The van der Waals surface area contributed by atoms with Gasteiger partial charge in [0.05, 0.1) is 5.41 Å². The topological polar surface area (TPSA) is 12.5 Å². The van der Waals surface area contributed by atoms with Crippen LogP contribution in [0.5, 0.6) is 11.5 Å². The molecule has 0 saturated heterocycles. The molecule has 2 aliphatic rings. The zero-order chi connectivity index (χ0) is 36.3. The average Bonchev–Trinajstić information content (AvgIpc) is 3.56. The molecule has 0 saturated carbocycles. The van der Waals surface area contributed by atoms with Crippen LogP contribution in [0, 0.1) is 0 Å². The number of hydrogen-bond acceptors (Lipinski definition) is 2. The number of para-hydroxylation sites is 2. The van der Waals surface area contributed by atoms with Crippen LogP contribution in [0.4, 0.5) is 17.1 Å². The summed E-state index contributed by atoms with van der Waals surface area (Å²) in [5.74, 6) is 1.81. The lowest BCUT2D eigenvalue weighted by Gasteiger charge is -2.34. The van der Waals surface area contributed by atoms with E-state index in [-0.39, 0.29) is 0 Å². The Hall–Kier alpha value is -7.16. The lowest BCUT2D eigenvalue weighted by Crippen LogP contribution is -2.28. The minimum absolute atomic E-state index is 0.433. The average molecular weight is 702 g/mol. The molecule has 0 spiro atoms. The van der Waals surface area contributed by atoms with E-state index in [1.807, 2.05) is 12.1 Å². The van der Waals surface area contributed by atoms with E-state index >= 15 is 0 Å². The summed E-state index contributed by atoms with van der Waals surface area (Å²) in [6.45, 7) is 0. The molecule has 258 valence electrons. The van der Waals surface area contributed by atoms with Crippen molar-refractivity contribution >= 4 is 27.8 Å². The summed E-state index contributed by atoms with van der Waals surface area (Å²) in [5.41, 5.74) is 15.3. The second-order valence-corrected chi connectivity index (χ2v) is 14.4. The number of nitrogens with zero attached hydrogens (tertiary/aromatic N) is 1. The molecule has 0 fully saturated rings. The monoisotopic (exact) mass is 701 g/mol. The molecule has 0 N–H and O–H groups in total. The fraction of sp³-hybridized carbons (Fsp3) is 0.0189. The molecule has 11 rings (SSSR count). The van der Waals surface area contributed by atoms with Crippen LogP contribution < -0.4 is 9.64 Å². The van der Waals surface area contributed by atoms with Crippen molar-refractivity contribution in [3.05, 3.63) is 235 Å². The number of rotatable bonds is 6. The predicted molar refractivity (Wildman–Crippen MR) is 227 cm³/mol. The summed E-state index contributed by atoms with van der Waals surface area (Å²) in [6.07, 6.45) is 0. The second kappa shape index (κ2) is 12.5. The van der Waals surface area contributed by atoms with Crippen LogP contribution in [-0.2, 0) is 5.41 Å². The van der Waals surface area contributed by atoms with Gasteiger partial charge in [0, 0.05) is 28.0 Å². The zero-order valence-electron chi connectivity index (χ0n) is 30.1. The molecule has 0 bridgehead atoms. The quantitative estimate of drug-likeness (QED) is 0.171. The lowest BCUT2D eigenvalue weighted by atomic mass is 9.68. The molecule has 1 aliphatic carbocycles. The van der Waals surface area contributed by atoms with Crippen LogP contribution in [0.3, 0.4) is 0 Å². The van der Waals surface area contributed by atoms with Crippen LogP contribution in [0.15, 0.2) is 212 Å². The summed E-state index contributed by atoms with van der Waals surface area (Å²) in [6, 6.07) is 76.9. The van der Waals surface area contributed by atoms with Gasteiger partial charge in [-0.25, -0.2) is 0 Å². The van der Waals surface area contributed by atoms with Gasteiger partial charge in [0.1, 0.15) is 11.5 Å². The van der Waals surface area contributed by atoms with Gasteiger partial charge in [0.25, 0.3) is 0 Å². The van der Waals surface area contributed by atoms with Gasteiger partial charge < -0.3 is 9.64 Å². The predicted octanol–water partition coefficient (Wildman–Crippen LogP) is 14.1. The smallest absolute Gasteiger partial charge is 0.135 e. The SMILES string of the molecule is c1ccc(N(c2ccc(-c3ccc4c5c(cccc35)-c3ccccc3O4)cc2)c2ccc3c(c2)-c2ccccc2C3(c2ccccc2)c2ccccc2)cc1. The van der Waals surface area contributed by atoms with E-state index in [9.17, 15) is 0 Å². The number of ether oxygens (including phenoxy) is 1. The van der Waals surface area contributed by atoms with Gasteiger partial charge >= 0.3 is 0 Å². The van der Waals surface area contributed by atoms with Crippen LogP contribution in [0.1, 0.15) is 22.3 Å². The molecule has 1 aliphatic heterocycles. The third-order valence-corrected chi connectivity index (χ3v) is 11.6. The third kappa shape index (κ3) is 4.75. The molecule has 2 nitrogen and oxygen atoms in total. The van der Waals surface area contributed by atoms with Crippen molar-refractivity contribution < 1.29 is 4.74 Å². The maximum Gasteiger partial charge on any atom is 0.135 e. The van der Waals surface area contributed by atoms with Crippen molar-refractivity contribution in [2.75, 3.05) is 4.90 Å². The van der Waals surface area contributed by atoms with Crippen molar-refractivity contribution in [3.63, 3.8) is 0 Å². The Morgan fingerprint density at radius 2 is 0.927 bits per heavy atom. The van der Waals surface area contributed by atoms with Crippen molar-refractivity contribution in [1.29, 1.82) is 0 Å². The normalized spacial score (nSPS) is 13.0. The molecule has 0 radical (unpaired) electrons. The van der Waals surface area contributed by atoms with E-state index < -0.39 is 5.41 Å². The Balaban J connectivity index is 1.05. The molecule has 0 atom stereocenters. The molecule has 1 heterocycles.